The average molecular weight is 220 g/mol. The minimum atomic E-state index is 0.00398. The zero-order valence-electron chi connectivity index (χ0n) is 10.4. The van der Waals surface area contributed by atoms with E-state index in [0.29, 0.717) is 17.2 Å². The summed E-state index contributed by atoms with van der Waals surface area (Å²) in [7, 11) is 1.81. The third-order valence-corrected chi connectivity index (χ3v) is 2.50. The molecule has 0 aliphatic carbocycles. The van der Waals surface area contributed by atoms with Gasteiger partial charge in [-0.05, 0) is 24.5 Å². The summed E-state index contributed by atoms with van der Waals surface area (Å²) in [5.41, 5.74) is 7.96. The third kappa shape index (κ3) is 2.75. The monoisotopic (exact) mass is 220 g/mol. The molecule has 0 saturated heterocycles. The van der Waals surface area contributed by atoms with Crippen molar-refractivity contribution in [3.05, 3.63) is 29.3 Å². The second-order valence-corrected chi connectivity index (χ2v) is 4.62. The molecule has 0 aliphatic rings. The minimum absolute atomic E-state index is 0.00398. The number of nitrogens with zero attached hydrogens (tertiary/aromatic N) is 1. The minimum Gasteiger partial charge on any atom is -0.398 e. The van der Waals surface area contributed by atoms with Gasteiger partial charge in [0.05, 0.1) is 5.56 Å². The van der Waals surface area contributed by atoms with Crippen molar-refractivity contribution in [1.82, 2.24) is 4.90 Å². The quantitative estimate of drug-likeness (QED) is 0.794. The molecule has 0 heterocycles. The summed E-state index contributed by atoms with van der Waals surface area (Å²) >= 11 is 0. The van der Waals surface area contributed by atoms with Gasteiger partial charge in [0, 0.05) is 19.3 Å². The molecule has 1 rings (SSSR count). The van der Waals surface area contributed by atoms with Gasteiger partial charge < -0.3 is 10.6 Å². The maximum Gasteiger partial charge on any atom is 0.255 e. The average Bonchev–Trinajstić information content (AvgIpc) is 2.16. The number of hydrogen-bond acceptors (Lipinski definition) is 2. The van der Waals surface area contributed by atoms with Crippen LogP contribution in [0.5, 0.6) is 0 Å². The lowest BCUT2D eigenvalue weighted by Gasteiger charge is -2.21. The van der Waals surface area contributed by atoms with Gasteiger partial charge in [-0.15, -0.1) is 0 Å². The molecule has 1 amide bonds. The van der Waals surface area contributed by atoms with Crippen LogP contribution in [0.4, 0.5) is 5.69 Å². The number of aryl methyl sites for hydroxylation is 1. The summed E-state index contributed by atoms with van der Waals surface area (Å²) < 4.78 is 0. The van der Waals surface area contributed by atoms with Crippen LogP contribution in [-0.4, -0.2) is 24.4 Å². The Morgan fingerprint density at radius 1 is 1.44 bits per heavy atom. The smallest absolute Gasteiger partial charge is 0.255 e. The Morgan fingerprint density at radius 2 is 2.06 bits per heavy atom. The molecule has 0 saturated carbocycles. The van der Waals surface area contributed by atoms with Gasteiger partial charge in [-0.3, -0.25) is 4.79 Å². The van der Waals surface area contributed by atoms with Crippen LogP contribution >= 0.6 is 0 Å². The molecule has 1 aromatic rings. The Hall–Kier alpha value is -1.51. The Labute approximate surface area is 97.2 Å². The van der Waals surface area contributed by atoms with Crippen molar-refractivity contribution in [2.75, 3.05) is 19.3 Å². The molecular weight excluding hydrogens is 200 g/mol. The highest BCUT2D eigenvalue weighted by Crippen LogP contribution is 2.18. The molecule has 3 heteroatoms. The van der Waals surface area contributed by atoms with E-state index in [1.54, 1.807) is 11.0 Å². The van der Waals surface area contributed by atoms with Crippen LogP contribution in [0.3, 0.4) is 0 Å². The van der Waals surface area contributed by atoms with E-state index in [-0.39, 0.29) is 5.91 Å². The molecule has 0 spiro atoms. The highest BCUT2D eigenvalue weighted by Gasteiger charge is 2.17. The van der Waals surface area contributed by atoms with Crippen LogP contribution < -0.4 is 5.73 Å². The summed E-state index contributed by atoms with van der Waals surface area (Å²) in [4.78, 5) is 13.9. The second kappa shape index (κ2) is 5.01. The Morgan fingerprint density at radius 3 is 2.56 bits per heavy atom. The molecular formula is C13H20N2O. The van der Waals surface area contributed by atoms with Crippen LogP contribution in [0.25, 0.3) is 0 Å². The zero-order chi connectivity index (χ0) is 12.3. The predicted molar refractivity (Wildman–Crippen MR) is 67.4 cm³/mol. The number of nitrogen functional groups attached to an aromatic ring is 1. The number of benzene rings is 1. The van der Waals surface area contributed by atoms with E-state index in [1.807, 2.05) is 26.1 Å². The number of hydrogen-bond donors (Lipinski definition) is 1. The third-order valence-electron chi connectivity index (χ3n) is 2.50. The van der Waals surface area contributed by atoms with Crippen LogP contribution in [0.1, 0.15) is 29.8 Å². The van der Waals surface area contributed by atoms with Gasteiger partial charge in [-0.2, -0.15) is 0 Å². The van der Waals surface area contributed by atoms with Crippen LogP contribution in [0.15, 0.2) is 18.2 Å². The van der Waals surface area contributed by atoms with Gasteiger partial charge in [0.15, 0.2) is 0 Å². The molecule has 0 fully saturated rings. The van der Waals surface area contributed by atoms with E-state index in [0.717, 1.165) is 12.1 Å². The molecule has 2 N–H and O–H groups in total. The highest BCUT2D eigenvalue weighted by atomic mass is 16.2. The molecule has 0 radical (unpaired) electrons. The number of carbonyl (C=O) groups is 1. The van der Waals surface area contributed by atoms with Crippen molar-refractivity contribution < 1.29 is 4.79 Å². The number of amides is 1. The van der Waals surface area contributed by atoms with Crippen LogP contribution in [0.2, 0.25) is 0 Å². The van der Waals surface area contributed by atoms with E-state index in [9.17, 15) is 4.79 Å². The van der Waals surface area contributed by atoms with Gasteiger partial charge in [-0.25, -0.2) is 0 Å². The molecule has 16 heavy (non-hydrogen) atoms. The van der Waals surface area contributed by atoms with E-state index in [1.165, 1.54) is 0 Å². The maximum atomic E-state index is 12.2. The van der Waals surface area contributed by atoms with Crippen molar-refractivity contribution in [3.63, 3.8) is 0 Å². The van der Waals surface area contributed by atoms with Gasteiger partial charge in [0.1, 0.15) is 0 Å². The zero-order valence-corrected chi connectivity index (χ0v) is 10.4. The number of nitrogens with two attached hydrogens (primary N) is 1. The first-order chi connectivity index (χ1) is 7.43. The number of rotatable bonds is 3. The lowest BCUT2D eigenvalue weighted by molar-refractivity contribution is 0.0779. The fourth-order valence-corrected chi connectivity index (χ4v) is 1.80. The van der Waals surface area contributed by atoms with Crippen molar-refractivity contribution in [2.45, 2.75) is 20.8 Å². The van der Waals surface area contributed by atoms with Gasteiger partial charge in [0.2, 0.25) is 0 Å². The van der Waals surface area contributed by atoms with E-state index >= 15 is 0 Å². The molecule has 0 aliphatic heterocycles. The normalized spacial score (nSPS) is 10.6. The number of carbonyl (C=O) groups excluding carboxylic acids is 1. The SMILES string of the molecule is Cc1cccc(N)c1C(=O)N(C)CC(C)C. The summed E-state index contributed by atoms with van der Waals surface area (Å²) in [6.07, 6.45) is 0. The first-order valence-electron chi connectivity index (χ1n) is 5.54. The maximum absolute atomic E-state index is 12.2. The summed E-state index contributed by atoms with van der Waals surface area (Å²) in [5, 5.41) is 0. The number of anilines is 1. The van der Waals surface area contributed by atoms with Gasteiger partial charge in [-0.1, -0.05) is 26.0 Å². The molecule has 0 bridgehead atoms. The van der Waals surface area contributed by atoms with Gasteiger partial charge >= 0.3 is 0 Å². The fourth-order valence-electron chi connectivity index (χ4n) is 1.80. The lowest BCUT2D eigenvalue weighted by Crippen LogP contribution is -2.31. The van der Waals surface area contributed by atoms with Crippen LogP contribution in [0, 0.1) is 12.8 Å². The first-order valence-corrected chi connectivity index (χ1v) is 5.54. The molecule has 88 valence electrons. The standard InChI is InChI=1S/C13H20N2O/c1-9(2)8-15(4)13(16)12-10(3)6-5-7-11(12)14/h5-7,9H,8,14H2,1-4H3. The van der Waals surface area contributed by atoms with Crippen molar-refractivity contribution in [1.29, 1.82) is 0 Å². The summed E-state index contributed by atoms with van der Waals surface area (Å²) in [6, 6.07) is 5.54. The molecule has 3 nitrogen and oxygen atoms in total. The molecule has 0 atom stereocenters. The van der Waals surface area contributed by atoms with E-state index in [2.05, 4.69) is 13.8 Å². The van der Waals surface area contributed by atoms with Gasteiger partial charge in [0.25, 0.3) is 5.91 Å². The van der Waals surface area contributed by atoms with Crippen molar-refractivity contribution in [3.8, 4) is 0 Å². The van der Waals surface area contributed by atoms with E-state index < -0.39 is 0 Å². The van der Waals surface area contributed by atoms with Crippen molar-refractivity contribution >= 4 is 11.6 Å². The predicted octanol–water partition coefficient (Wildman–Crippen LogP) is 2.31. The van der Waals surface area contributed by atoms with Crippen LogP contribution in [-0.2, 0) is 0 Å². The summed E-state index contributed by atoms with van der Waals surface area (Å²) in [5.74, 6) is 0.462. The fraction of sp³-hybridized carbons (Fsp3) is 0.462. The molecule has 0 aromatic heterocycles. The Kier molecular flexibility index (Phi) is 3.93. The molecule has 0 unspecified atom stereocenters. The highest BCUT2D eigenvalue weighted by molar-refractivity contribution is 6.00. The first kappa shape index (κ1) is 12.6. The largest absolute Gasteiger partial charge is 0.398 e. The van der Waals surface area contributed by atoms with Crippen molar-refractivity contribution in [2.24, 2.45) is 5.92 Å². The summed E-state index contributed by atoms with van der Waals surface area (Å²) in [6.45, 7) is 6.83. The topological polar surface area (TPSA) is 46.3 Å². The second-order valence-electron chi connectivity index (χ2n) is 4.62. The van der Waals surface area contributed by atoms with E-state index in [4.69, 9.17) is 5.73 Å². The lowest BCUT2D eigenvalue weighted by atomic mass is 10.1. The molecule has 1 aromatic carbocycles. The Balaban J connectivity index is 2.96. The Bertz CT molecular complexity index is 365.